The van der Waals surface area contributed by atoms with Gasteiger partial charge in [-0.15, -0.1) is 0 Å². The van der Waals surface area contributed by atoms with E-state index in [0.717, 1.165) is 25.1 Å². The Morgan fingerprint density at radius 2 is 2.25 bits per heavy atom. The number of amides is 1. The zero-order valence-corrected chi connectivity index (χ0v) is 9.32. The van der Waals surface area contributed by atoms with Gasteiger partial charge in [-0.05, 0) is 18.9 Å². The quantitative estimate of drug-likeness (QED) is 0.814. The minimum absolute atomic E-state index is 0.00366. The van der Waals surface area contributed by atoms with E-state index in [-0.39, 0.29) is 17.2 Å². The van der Waals surface area contributed by atoms with Gasteiger partial charge in [0, 0.05) is 23.4 Å². The number of nitrogens with one attached hydrogen (secondary N) is 1. The number of carbonyl (C=O) groups excluding carboxylic acids is 1. The van der Waals surface area contributed by atoms with Crippen molar-refractivity contribution in [2.45, 2.75) is 18.3 Å². The maximum atomic E-state index is 11.7. The van der Waals surface area contributed by atoms with Gasteiger partial charge in [-0.3, -0.25) is 4.79 Å². The number of benzene rings is 1. The number of rotatable bonds is 2. The molecule has 2 fully saturated rings. The second-order valence-electron chi connectivity index (χ2n) is 4.67. The van der Waals surface area contributed by atoms with Crippen molar-refractivity contribution in [1.82, 2.24) is 5.32 Å². The summed E-state index contributed by atoms with van der Waals surface area (Å²) >= 11 is 0. The first-order valence-corrected chi connectivity index (χ1v) is 5.69. The van der Waals surface area contributed by atoms with Gasteiger partial charge in [-0.1, -0.05) is 18.2 Å². The van der Waals surface area contributed by atoms with E-state index < -0.39 is 0 Å². The Hall–Kier alpha value is -1.51. The summed E-state index contributed by atoms with van der Waals surface area (Å²) in [6, 6.07) is 8.05. The molecule has 0 bridgehead atoms. The standard InChI is InChI=1S/C13H15NO2/c1-16-11-5-3-2-4-9(11)13-7-6-10(13)12(15)14-8-13/h2-5,10H,6-8H2,1H3,(H,14,15). The zero-order chi connectivity index (χ0) is 11.2. The molecule has 3 nitrogen and oxygen atoms in total. The molecule has 1 aliphatic heterocycles. The van der Waals surface area contributed by atoms with Crippen LogP contribution in [-0.4, -0.2) is 19.6 Å². The van der Waals surface area contributed by atoms with Crippen LogP contribution >= 0.6 is 0 Å². The van der Waals surface area contributed by atoms with Crippen LogP contribution in [0.1, 0.15) is 18.4 Å². The van der Waals surface area contributed by atoms with E-state index in [4.69, 9.17) is 4.74 Å². The number of hydrogen-bond donors (Lipinski definition) is 1. The second-order valence-corrected chi connectivity index (χ2v) is 4.67. The molecule has 1 aromatic rings. The smallest absolute Gasteiger partial charge is 0.224 e. The second kappa shape index (κ2) is 3.24. The molecule has 2 atom stereocenters. The lowest BCUT2D eigenvalue weighted by molar-refractivity contribution is -0.125. The Bertz CT molecular complexity index is 443. The van der Waals surface area contributed by atoms with Crippen molar-refractivity contribution >= 4 is 5.91 Å². The fraction of sp³-hybridized carbons (Fsp3) is 0.462. The van der Waals surface area contributed by atoms with Gasteiger partial charge in [-0.25, -0.2) is 0 Å². The summed E-state index contributed by atoms with van der Waals surface area (Å²) in [5.41, 5.74) is 1.19. The van der Waals surface area contributed by atoms with Crippen LogP contribution in [0.3, 0.4) is 0 Å². The van der Waals surface area contributed by atoms with Crippen molar-refractivity contribution in [3.05, 3.63) is 29.8 Å². The highest BCUT2D eigenvalue weighted by atomic mass is 16.5. The molecule has 0 aromatic heterocycles. The Labute approximate surface area is 94.8 Å². The van der Waals surface area contributed by atoms with Gasteiger partial charge < -0.3 is 10.1 Å². The highest BCUT2D eigenvalue weighted by Gasteiger charge is 2.56. The van der Waals surface area contributed by atoms with E-state index >= 15 is 0 Å². The SMILES string of the molecule is COc1ccccc1C12CCC1C(=O)NC2. The van der Waals surface area contributed by atoms with Crippen LogP contribution in [0.2, 0.25) is 0 Å². The van der Waals surface area contributed by atoms with Crippen LogP contribution in [0.4, 0.5) is 0 Å². The molecule has 1 amide bonds. The fourth-order valence-electron chi connectivity index (χ4n) is 3.07. The van der Waals surface area contributed by atoms with Gasteiger partial charge in [0.25, 0.3) is 0 Å². The summed E-state index contributed by atoms with van der Waals surface area (Å²) in [5.74, 6) is 1.27. The number of fused-ring (bicyclic) bond motifs is 1. The molecule has 3 rings (SSSR count). The fourth-order valence-corrected chi connectivity index (χ4v) is 3.07. The topological polar surface area (TPSA) is 38.3 Å². The lowest BCUT2D eigenvalue weighted by Gasteiger charge is -2.43. The van der Waals surface area contributed by atoms with Crippen molar-refractivity contribution in [3.63, 3.8) is 0 Å². The zero-order valence-electron chi connectivity index (χ0n) is 9.32. The Kier molecular flexibility index (Phi) is 1.96. The Balaban J connectivity index is 2.07. The number of para-hydroxylation sites is 1. The van der Waals surface area contributed by atoms with Crippen molar-refractivity contribution in [3.8, 4) is 5.75 Å². The third kappa shape index (κ3) is 1.06. The third-order valence-corrected chi connectivity index (χ3v) is 4.08. The van der Waals surface area contributed by atoms with E-state index in [9.17, 15) is 4.79 Å². The molecule has 0 spiro atoms. The molecule has 2 unspecified atom stereocenters. The molecule has 1 saturated carbocycles. The summed E-state index contributed by atoms with van der Waals surface area (Å²) in [7, 11) is 1.69. The van der Waals surface area contributed by atoms with E-state index in [0.29, 0.717) is 0 Å². The molecule has 0 radical (unpaired) electrons. The van der Waals surface area contributed by atoms with E-state index in [2.05, 4.69) is 11.4 Å². The lowest BCUT2D eigenvalue weighted by atomic mass is 9.58. The molecule has 1 aliphatic carbocycles. The molecule has 2 aliphatic rings. The van der Waals surface area contributed by atoms with Gasteiger partial charge in [-0.2, -0.15) is 0 Å². The summed E-state index contributed by atoms with van der Waals surface area (Å²) in [6.07, 6.45) is 2.08. The van der Waals surface area contributed by atoms with Crippen LogP contribution in [0.5, 0.6) is 5.75 Å². The van der Waals surface area contributed by atoms with E-state index in [1.165, 1.54) is 5.56 Å². The first-order valence-electron chi connectivity index (χ1n) is 5.69. The van der Waals surface area contributed by atoms with Crippen molar-refractivity contribution in [2.75, 3.05) is 13.7 Å². The normalized spacial score (nSPS) is 31.6. The summed E-state index contributed by atoms with van der Waals surface area (Å²) in [5, 5.41) is 2.98. The minimum atomic E-state index is 0.00366. The van der Waals surface area contributed by atoms with Crippen LogP contribution in [0.15, 0.2) is 24.3 Å². The summed E-state index contributed by atoms with van der Waals surface area (Å²) in [6.45, 7) is 0.761. The number of hydrogen-bond acceptors (Lipinski definition) is 2. The predicted molar refractivity (Wildman–Crippen MR) is 60.4 cm³/mol. The monoisotopic (exact) mass is 217 g/mol. The molecule has 1 N–H and O–H groups in total. The summed E-state index contributed by atoms with van der Waals surface area (Å²) in [4.78, 5) is 11.7. The van der Waals surface area contributed by atoms with Crippen LogP contribution in [0.25, 0.3) is 0 Å². The average molecular weight is 217 g/mol. The van der Waals surface area contributed by atoms with Crippen molar-refractivity contribution in [1.29, 1.82) is 0 Å². The van der Waals surface area contributed by atoms with E-state index in [1.54, 1.807) is 7.11 Å². The van der Waals surface area contributed by atoms with Gasteiger partial charge in [0.2, 0.25) is 5.91 Å². The first kappa shape index (κ1) is 9.70. The highest BCUT2D eigenvalue weighted by molar-refractivity contribution is 5.85. The van der Waals surface area contributed by atoms with Crippen molar-refractivity contribution in [2.24, 2.45) is 5.92 Å². The molecule has 16 heavy (non-hydrogen) atoms. The highest BCUT2D eigenvalue weighted by Crippen LogP contribution is 2.53. The lowest BCUT2D eigenvalue weighted by Crippen LogP contribution is -2.44. The van der Waals surface area contributed by atoms with E-state index in [1.807, 2.05) is 18.2 Å². The first-order chi connectivity index (χ1) is 7.78. The van der Waals surface area contributed by atoms with Gasteiger partial charge in [0.05, 0.1) is 7.11 Å². The number of ether oxygens (including phenoxy) is 1. The number of methoxy groups -OCH3 is 1. The van der Waals surface area contributed by atoms with Gasteiger partial charge in [0.1, 0.15) is 5.75 Å². The minimum Gasteiger partial charge on any atom is -0.496 e. The predicted octanol–water partition coefficient (Wildman–Crippen LogP) is 1.47. The molecule has 1 aromatic carbocycles. The number of carbonyl (C=O) groups is 1. The molecular formula is C13H15NO2. The molecule has 1 saturated heterocycles. The van der Waals surface area contributed by atoms with Gasteiger partial charge in [0.15, 0.2) is 0 Å². The maximum Gasteiger partial charge on any atom is 0.224 e. The summed E-state index contributed by atoms with van der Waals surface area (Å²) < 4.78 is 5.40. The van der Waals surface area contributed by atoms with Gasteiger partial charge >= 0.3 is 0 Å². The maximum absolute atomic E-state index is 11.7. The van der Waals surface area contributed by atoms with Crippen LogP contribution in [-0.2, 0) is 10.2 Å². The molecule has 3 heteroatoms. The average Bonchev–Trinajstić information content (AvgIpc) is 2.50. The Morgan fingerprint density at radius 3 is 2.88 bits per heavy atom. The van der Waals surface area contributed by atoms with Crippen LogP contribution in [0, 0.1) is 5.92 Å². The van der Waals surface area contributed by atoms with Crippen LogP contribution < -0.4 is 10.1 Å². The molecule has 84 valence electrons. The largest absolute Gasteiger partial charge is 0.496 e. The van der Waals surface area contributed by atoms with Crippen molar-refractivity contribution < 1.29 is 9.53 Å². The molecule has 1 heterocycles. The Morgan fingerprint density at radius 1 is 1.44 bits per heavy atom. The molecular weight excluding hydrogens is 202 g/mol. The third-order valence-electron chi connectivity index (χ3n) is 4.08.